The largest absolute Gasteiger partial charge is 0.376 e. The number of benzene rings is 1. The Morgan fingerprint density at radius 3 is 2.42 bits per heavy atom. The van der Waals surface area contributed by atoms with E-state index in [9.17, 15) is 13.2 Å². The quantitative estimate of drug-likeness (QED) is 0.883. The van der Waals surface area contributed by atoms with Gasteiger partial charge < -0.3 is 10.1 Å². The molecule has 1 heterocycles. The van der Waals surface area contributed by atoms with Crippen molar-refractivity contribution >= 4 is 15.7 Å². The zero-order chi connectivity index (χ0) is 17.2. The number of carbonyl (C=O) groups excluding carboxylic acids is 1. The van der Waals surface area contributed by atoms with Crippen LogP contribution in [0.1, 0.15) is 44.1 Å². The van der Waals surface area contributed by atoms with Crippen LogP contribution in [0.15, 0.2) is 29.2 Å². The standard InChI is InChI=1S/C18H25NO4S/c1-24(21,22)16-8-6-14(7-9-16)18(10-4-11-18)17(20)19-13-15-5-2-3-12-23-15/h6-9,15H,2-5,10-13H2,1H3,(H,19,20). The number of sulfone groups is 1. The average Bonchev–Trinajstić information content (AvgIpc) is 2.52. The Morgan fingerprint density at radius 2 is 1.92 bits per heavy atom. The van der Waals surface area contributed by atoms with Gasteiger partial charge in [0.05, 0.1) is 16.4 Å². The van der Waals surface area contributed by atoms with Crippen LogP contribution < -0.4 is 5.32 Å². The van der Waals surface area contributed by atoms with Crippen LogP contribution in [0.2, 0.25) is 0 Å². The fraction of sp³-hybridized carbons (Fsp3) is 0.611. The van der Waals surface area contributed by atoms with E-state index < -0.39 is 15.3 Å². The monoisotopic (exact) mass is 351 g/mol. The maximum absolute atomic E-state index is 12.8. The molecule has 5 nitrogen and oxygen atoms in total. The molecule has 3 rings (SSSR count). The summed E-state index contributed by atoms with van der Waals surface area (Å²) in [5.41, 5.74) is 0.397. The third-order valence-corrected chi connectivity index (χ3v) is 6.37. The smallest absolute Gasteiger partial charge is 0.230 e. The Balaban J connectivity index is 1.70. The highest BCUT2D eigenvalue weighted by atomic mass is 32.2. The van der Waals surface area contributed by atoms with Gasteiger partial charge in [-0.05, 0) is 49.8 Å². The molecule has 132 valence electrons. The molecule has 24 heavy (non-hydrogen) atoms. The van der Waals surface area contributed by atoms with Gasteiger partial charge in [-0.2, -0.15) is 0 Å². The molecule has 1 atom stereocenters. The summed E-state index contributed by atoms with van der Waals surface area (Å²) in [4.78, 5) is 13.1. The van der Waals surface area contributed by atoms with Gasteiger partial charge in [-0.15, -0.1) is 0 Å². The van der Waals surface area contributed by atoms with Gasteiger partial charge in [-0.25, -0.2) is 8.42 Å². The van der Waals surface area contributed by atoms with Crippen LogP contribution in [0, 0.1) is 0 Å². The predicted octanol–water partition coefficient (Wildman–Crippen LogP) is 2.20. The summed E-state index contributed by atoms with van der Waals surface area (Å²) in [6.07, 6.45) is 7.19. The normalized spacial score (nSPS) is 23.3. The molecular weight excluding hydrogens is 326 g/mol. The van der Waals surface area contributed by atoms with Crippen LogP contribution >= 0.6 is 0 Å². The average molecular weight is 351 g/mol. The lowest BCUT2D eigenvalue weighted by Crippen LogP contribution is -2.51. The maximum atomic E-state index is 12.8. The number of carbonyl (C=O) groups is 1. The van der Waals surface area contributed by atoms with Crippen LogP contribution in [-0.4, -0.2) is 39.8 Å². The van der Waals surface area contributed by atoms with Crippen molar-refractivity contribution in [2.45, 2.75) is 54.9 Å². The van der Waals surface area contributed by atoms with Crippen molar-refractivity contribution in [3.8, 4) is 0 Å². The van der Waals surface area contributed by atoms with Gasteiger partial charge in [0.2, 0.25) is 5.91 Å². The van der Waals surface area contributed by atoms with Crippen molar-refractivity contribution in [1.29, 1.82) is 0 Å². The summed E-state index contributed by atoms with van der Waals surface area (Å²) in [6.45, 7) is 1.33. The first-order valence-electron chi connectivity index (χ1n) is 8.62. The molecule has 2 fully saturated rings. The third-order valence-electron chi connectivity index (χ3n) is 5.24. The molecule has 1 N–H and O–H groups in total. The summed E-state index contributed by atoms with van der Waals surface area (Å²) in [6, 6.07) is 6.77. The minimum Gasteiger partial charge on any atom is -0.376 e. The summed E-state index contributed by atoms with van der Waals surface area (Å²) < 4.78 is 28.9. The Hall–Kier alpha value is -1.40. The molecule has 0 aromatic heterocycles. The van der Waals surface area contributed by atoms with Crippen molar-refractivity contribution in [2.75, 3.05) is 19.4 Å². The number of hydrogen-bond donors (Lipinski definition) is 1. The van der Waals surface area contributed by atoms with E-state index in [1.54, 1.807) is 24.3 Å². The first kappa shape index (κ1) is 17.4. The SMILES string of the molecule is CS(=O)(=O)c1ccc(C2(C(=O)NCC3CCCCO3)CCC2)cc1. The summed E-state index contributed by atoms with van der Waals surface area (Å²) in [5, 5.41) is 3.06. The molecule has 1 aromatic rings. The van der Waals surface area contributed by atoms with Crippen LogP contribution in [0.3, 0.4) is 0 Å². The molecule has 1 saturated heterocycles. The van der Waals surface area contributed by atoms with Gasteiger partial charge in [0, 0.05) is 19.4 Å². The lowest BCUT2D eigenvalue weighted by molar-refractivity contribution is -0.130. The molecule has 0 radical (unpaired) electrons. The van der Waals surface area contributed by atoms with Gasteiger partial charge in [-0.3, -0.25) is 4.79 Å². The molecule has 0 bridgehead atoms. The first-order valence-corrected chi connectivity index (χ1v) is 10.5. The van der Waals surface area contributed by atoms with Crippen molar-refractivity contribution in [3.63, 3.8) is 0 Å². The Kier molecular flexibility index (Phi) is 4.97. The van der Waals surface area contributed by atoms with E-state index in [1.165, 1.54) is 6.26 Å². The Bertz CT molecular complexity index is 686. The van der Waals surface area contributed by atoms with Crippen molar-refractivity contribution in [1.82, 2.24) is 5.32 Å². The van der Waals surface area contributed by atoms with E-state index >= 15 is 0 Å². The maximum Gasteiger partial charge on any atom is 0.230 e. The zero-order valence-electron chi connectivity index (χ0n) is 14.1. The van der Waals surface area contributed by atoms with E-state index in [0.29, 0.717) is 6.54 Å². The Morgan fingerprint density at radius 1 is 1.21 bits per heavy atom. The van der Waals surface area contributed by atoms with E-state index in [-0.39, 0.29) is 16.9 Å². The molecule has 1 aliphatic heterocycles. The second-order valence-electron chi connectivity index (χ2n) is 6.93. The first-order chi connectivity index (χ1) is 11.4. The lowest BCUT2D eigenvalue weighted by Gasteiger charge is -2.41. The molecule has 1 amide bonds. The minimum absolute atomic E-state index is 0.0371. The van der Waals surface area contributed by atoms with Crippen LogP contribution in [-0.2, 0) is 24.8 Å². The number of rotatable bonds is 5. The van der Waals surface area contributed by atoms with Crippen molar-refractivity contribution in [3.05, 3.63) is 29.8 Å². The molecular formula is C18H25NO4S. The number of ether oxygens (including phenoxy) is 1. The lowest BCUT2D eigenvalue weighted by atomic mass is 9.64. The number of nitrogens with one attached hydrogen (secondary N) is 1. The van der Waals surface area contributed by atoms with Gasteiger partial charge in [-0.1, -0.05) is 18.6 Å². The minimum atomic E-state index is -3.22. The second kappa shape index (κ2) is 6.84. The number of hydrogen-bond acceptors (Lipinski definition) is 4. The van der Waals surface area contributed by atoms with Gasteiger partial charge in [0.15, 0.2) is 9.84 Å². The summed E-state index contributed by atoms with van der Waals surface area (Å²) >= 11 is 0. The summed E-state index contributed by atoms with van der Waals surface area (Å²) in [5.74, 6) is 0.0371. The highest BCUT2D eigenvalue weighted by Gasteiger charge is 2.45. The molecule has 2 aliphatic rings. The fourth-order valence-corrected chi connectivity index (χ4v) is 4.17. The Labute approximate surface area is 143 Å². The van der Waals surface area contributed by atoms with Gasteiger partial charge >= 0.3 is 0 Å². The highest BCUT2D eigenvalue weighted by molar-refractivity contribution is 7.90. The van der Waals surface area contributed by atoms with Crippen molar-refractivity contribution in [2.24, 2.45) is 0 Å². The molecule has 1 unspecified atom stereocenters. The molecule has 0 spiro atoms. The molecule has 1 aliphatic carbocycles. The number of amides is 1. The third kappa shape index (κ3) is 3.49. The predicted molar refractivity (Wildman–Crippen MR) is 91.7 cm³/mol. The van der Waals surface area contributed by atoms with Crippen LogP contribution in [0.5, 0.6) is 0 Å². The van der Waals surface area contributed by atoms with E-state index in [1.807, 2.05) is 0 Å². The van der Waals surface area contributed by atoms with Gasteiger partial charge in [0.25, 0.3) is 0 Å². The topological polar surface area (TPSA) is 72.5 Å². The molecule has 1 aromatic carbocycles. The zero-order valence-corrected chi connectivity index (χ0v) is 14.9. The van der Waals surface area contributed by atoms with Gasteiger partial charge in [0.1, 0.15) is 0 Å². The molecule has 6 heteroatoms. The highest BCUT2D eigenvalue weighted by Crippen LogP contribution is 2.44. The second-order valence-corrected chi connectivity index (χ2v) is 8.95. The van der Waals surface area contributed by atoms with Crippen LogP contribution in [0.25, 0.3) is 0 Å². The van der Waals surface area contributed by atoms with Crippen molar-refractivity contribution < 1.29 is 17.9 Å². The van der Waals surface area contributed by atoms with Crippen LogP contribution in [0.4, 0.5) is 0 Å². The van der Waals surface area contributed by atoms with E-state index in [4.69, 9.17) is 4.74 Å². The molecule has 1 saturated carbocycles. The van der Waals surface area contributed by atoms with E-state index in [0.717, 1.165) is 50.7 Å². The van der Waals surface area contributed by atoms with E-state index in [2.05, 4.69) is 5.32 Å². The summed E-state index contributed by atoms with van der Waals surface area (Å²) in [7, 11) is -3.22. The fourth-order valence-electron chi connectivity index (χ4n) is 3.54.